The summed E-state index contributed by atoms with van der Waals surface area (Å²) in [5, 5.41) is 13.7. The molecule has 0 saturated heterocycles. The van der Waals surface area contributed by atoms with Gasteiger partial charge in [0.2, 0.25) is 0 Å². The Bertz CT molecular complexity index is 575. The van der Waals surface area contributed by atoms with Gasteiger partial charge in [-0.25, -0.2) is 0 Å². The lowest BCUT2D eigenvalue weighted by Crippen LogP contribution is -2.58. The van der Waals surface area contributed by atoms with Crippen LogP contribution < -0.4 is 21.3 Å². The number of methoxy groups -OCH3 is 1. The molecule has 1 aromatic heterocycles. The van der Waals surface area contributed by atoms with Gasteiger partial charge in [-0.2, -0.15) is 0 Å². The van der Waals surface area contributed by atoms with Gasteiger partial charge in [-0.3, -0.25) is 15.6 Å². The molecule has 118 valence electrons. The van der Waals surface area contributed by atoms with Gasteiger partial charge in [0.25, 0.3) is 0 Å². The number of hydrogen-bond donors (Lipinski definition) is 4. The Hall–Kier alpha value is -1.54. The topological polar surface area (TPSA) is 70.2 Å². The van der Waals surface area contributed by atoms with Gasteiger partial charge in [0, 0.05) is 30.5 Å². The normalized spacial score (nSPS) is 24.7. The van der Waals surface area contributed by atoms with E-state index in [4.69, 9.17) is 4.74 Å². The summed E-state index contributed by atoms with van der Waals surface area (Å²) in [6.45, 7) is 3.50. The van der Waals surface area contributed by atoms with E-state index in [1.807, 2.05) is 18.2 Å². The summed E-state index contributed by atoms with van der Waals surface area (Å²) in [6.07, 6.45) is 3.97. The fraction of sp³-hybridized carbons (Fsp3) is 0.400. The minimum absolute atomic E-state index is 0.0434. The van der Waals surface area contributed by atoms with E-state index in [-0.39, 0.29) is 11.8 Å². The molecule has 6 nitrogen and oxygen atoms in total. The van der Waals surface area contributed by atoms with Gasteiger partial charge in [-0.1, -0.05) is 23.9 Å². The van der Waals surface area contributed by atoms with Gasteiger partial charge in [0.1, 0.15) is 11.8 Å². The Kier molecular flexibility index (Phi) is 4.99. The third kappa shape index (κ3) is 3.61. The zero-order chi connectivity index (χ0) is 15.4. The van der Waals surface area contributed by atoms with Crippen molar-refractivity contribution in [3.05, 3.63) is 46.8 Å². The van der Waals surface area contributed by atoms with Crippen molar-refractivity contribution < 1.29 is 4.74 Å². The van der Waals surface area contributed by atoms with Gasteiger partial charge in [-0.15, -0.1) is 0 Å². The van der Waals surface area contributed by atoms with Crippen LogP contribution in [0.3, 0.4) is 0 Å². The molecule has 3 heterocycles. The highest BCUT2D eigenvalue weighted by Crippen LogP contribution is 2.33. The van der Waals surface area contributed by atoms with Crippen LogP contribution in [0.2, 0.25) is 0 Å². The third-order valence-electron chi connectivity index (χ3n) is 3.43. The first-order chi connectivity index (χ1) is 10.8. The standard InChI is InChI=1S/C15H21N5OS/c1-10-6-8-17-14(18-10)20-15-19-13(12(22-15)9-21-2)11-5-3-4-7-16-11/h3-7,14-15,17-20H,8-9H2,1-2H3. The molecule has 0 amide bonds. The van der Waals surface area contributed by atoms with E-state index in [0.29, 0.717) is 6.61 Å². The molecule has 22 heavy (non-hydrogen) atoms. The molecule has 3 rings (SSSR count). The van der Waals surface area contributed by atoms with Crippen molar-refractivity contribution in [2.45, 2.75) is 18.7 Å². The molecule has 0 spiro atoms. The lowest BCUT2D eigenvalue weighted by molar-refractivity contribution is 0.232. The summed E-state index contributed by atoms with van der Waals surface area (Å²) in [4.78, 5) is 5.58. The zero-order valence-electron chi connectivity index (χ0n) is 12.7. The molecule has 0 aromatic carbocycles. The number of rotatable bonds is 5. The molecule has 0 aliphatic carbocycles. The summed E-state index contributed by atoms with van der Waals surface area (Å²) in [5.74, 6) is 0. The maximum atomic E-state index is 5.32. The van der Waals surface area contributed by atoms with Crippen molar-refractivity contribution in [2.24, 2.45) is 0 Å². The molecular formula is C15H21N5OS. The van der Waals surface area contributed by atoms with Crippen LogP contribution in [0.25, 0.3) is 5.70 Å². The van der Waals surface area contributed by atoms with Crippen molar-refractivity contribution in [1.82, 2.24) is 26.3 Å². The number of aromatic nitrogens is 1. The molecule has 7 heteroatoms. The number of nitrogens with one attached hydrogen (secondary N) is 4. The predicted molar refractivity (Wildman–Crippen MR) is 89.4 cm³/mol. The lowest BCUT2D eigenvalue weighted by Gasteiger charge is -2.29. The highest BCUT2D eigenvalue weighted by Gasteiger charge is 2.27. The van der Waals surface area contributed by atoms with Crippen LogP contribution >= 0.6 is 11.8 Å². The van der Waals surface area contributed by atoms with Gasteiger partial charge in [-0.05, 0) is 19.1 Å². The van der Waals surface area contributed by atoms with Gasteiger partial charge >= 0.3 is 0 Å². The van der Waals surface area contributed by atoms with Crippen molar-refractivity contribution in [3.8, 4) is 0 Å². The summed E-state index contributed by atoms with van der Waals surface area (Å²) in [6, 6.07) is 5.92. The number of ether oxygens (including phenoxy) is 1. The monoisotopic (exact) mass is 319 g/mol. The Morgan fingerprint density at radius 1 is 1.41 bits per heavy atom. The average Bonchev–Trinajstić information content (AvgIpc) is 2.91. The number of pyridine rings is 1. The van der Waals surface area contributed by atoms with Crippen LogP contribution in [0.15, 0.2) is 41.1 Å². The van der Waals surface area contributed by atoms with E-state index in [0.717, 1.165) is 22.8 Å². The minimum atomic E-state index is 0.0434. The van der Waals surface area contributed by atoms with E-state index in [1.54, 1.807) is 25.1 Å². The molecule has 0 saturated carbocycles. The molecule has 0 fully saturated rings. The summed E-state index contributed by atoms with van der Waals surface area (Å²) >= 11 is 1.73. The second-order valence-corrected chi connectivity index (χ2v) is 6.33. The van der Waals surface area contributed by atoms with Crippen LogP contribution in [0.4, 0.5) is 0 Å². The SMILES string of the molecule is COCC1=C(c2ccccn2)NC(NC2NCC=C(C)N2)S1. The Labute approximate surface area is 134 Å². The Morgan fingerprint density at radius 2 is 2.32 bits per heavy atom. The summed E-state index contributed by atoms with van der Waals surface area (Å²) in [5.41, 5.74) is 3.22. The first-order valence-corrected chi connectivity index (χ1v) is 8.13. The Morgan fingerprint density at radius 3 is 3.05 bits per heavy atom. The highest BCUT2D eigenvalue weighted by molar-refractivity contribution is 8.04. The van der Waals surface area contributed by atoms with E-state index >= 15 is 0 Å². The second-order valence-electron chi connectivity index (χ2n) is 5.13. The van der Waals surface area contributed by atoms with Crippen molar-refractivity contribution in [2.75, 3.05) is 20.3 Å². The largest absolute Gasteiger partial charge is 0.379 e. The fourth-order valence-corrected chi connectivity index (χ4v) is 3.53. The maximum Gasteiger partial charge on any atom is 0.134 e. The second kappa shape index (κ2) is 7.15. The first kappa shape index (κ1) is 15.4. The molecule has 2 unspecified atom stereocenters. The highest BCUT2D eigenvalue weighted by atomic mass is 32.2. The molecular weight excluding hydrogens is 298 g/mol. The zero-order valence-corrected chi connectivity index (χ0v) is 13.5. The quantitative estimate of drug-likeness (QED) is 0.645. The predicted octanol–water partition coefficient (Wildman–Crippen LogP) is 0.986. The fourth-order valence-electron chi connectivity index (χ4n) is 2.40. The number of hydrogen-bond acceptors (Lipinski definition) is 7. The van der Waals surface area contributed by atoms with E-state index in [2.05, 4.69) is 39.3 Å². The molecule has 2 aliphatic rings. The minimum Gasteiger partial charge on any atom is -0.379 e. The third-order valence-corrected chi connectivity index (χ3v) is 4.53. The van der Waals surface area contributed by atoms with Gasteiger partial charge < -0.3 is 15.4 Å². The van der Waals surface area contributed by atoms with Crippen LogP contribution in [-0.2, 0) is 4.74 Å². The average molecular weight is 319 g/mol. The van der Waals surface area contributed by atoms with E-state index in [9.17, 15) is 0 Å². The van der Waals surface area contributed by atoms with E-state index in [1.165, 1.54) is 5.70 Å². The molecule has 2 atom stereocenters. The van der Waals surface area contributed by atoms with Crippen LogP contribution in [0.5, 0.6) is 0 Å². The lowest BCUT2D eigenvalue weighted by atomic mass is 10.2. The smallest absolute Gasteiger partial charge is 0.134 e. The van der Waals surface area contributed by atoms with Crippen molar-refractivity contribution in [1.29, 1.82) is 0 Å². The van der Waals surface area contributed by atoms with Crippen molar-refractivity contribution in [3.63, 3.8) is 0 Å². The summed E-state index contributed by atoms with van der Waals surface area (Å²) < 4.78 is 5.32. The van der Waals surface area contributed by atoms with E-state index < -0.39 is 0 Å². The maximum absolute atomic E-state index is 5.32. The van der Waals surface area contributed by atoms with Crippen LogP contribution in [0, 0.1) is 0 Å². The molecule has 4 N–H and O–H groups in total. The van der Waals surface area contributed by atoms with Gasteiger partial charge in [0.15, 0.2) is 0 Å². The molecule has 2 aliphatic heterocycles. The number of thioether (sulfide) groups is 1. The first-order valence-electron chi connectivity index (χ1n) is 7.25. The molecule has 0 bridgehead atoms. The number of nitrogens with zero attached hydrogens (tertiary/aromatic N) is 1. The van der Waals surface area contributed by atoms with Gasteiger partial charge in [0.05, 0.1) is 18.0 Å². The van der Waals surface area contributed by atoms with Crippen LogP contribution in [0.1, 0.15) is 12.6 Å². The number of allylic oxidation sites excluding steroid dienone is 1. The molecule has 1 aromatic rings. The summed E-state index contributed by atoms with van der Waals surface area (Å²) in [7, 11) is 1.71. The Balaban J connectivity index is 1.68. The van der Waals surface area contributed by atoms with Crippen molar-refractivity contribution >= 4 is 17.5 Å². The molecule has 0 radical (unpaired) electrons. The van der Waals surface area contributed by atoms with Crippen LogP contribution in [-0.4, -0.2) is 37.0 Å².